The quantitative estimate of drug-likeness (QED) is 0.387. The van der Waals surface area contributed by atoms with E-state index in [1.54, 1.807) is 61.1 Å². The van der Waals surface area contributed by atoms with Crippen molar-refractivity contribution in [3.05, 3.63) is 121 Å². The van der Waals surface area contributed by atoms with E-state index in [9.17, 15) is 9.59 Å². The third kappa shape index (κ3) is 5.23. The Bertz CT molecular complexity index is 1780. The molecule has 1 amide bonds. The molecule has 4 aromatic rings. The first-order valence-electron chi connectivity index (χ1n) is 12.1. The Kier molecular flexibility index (Phi) is 7.39. The van der Waals surface area contributed by atoms with Crippen LogP contribution in [-0.4, -0.2) is 24.2 Å². The number of anilines is 1. The summed E-state index contributed by atoms with van der Waals surface area (Å²) >= 11 is 1.23. The summed E-state index contributed by atoms with van der Waals surface area (Å²) in [4.78, 5) is 32.7. The zero-order valence-electron chi connectivity index (χ0n) is 21.3. The molecule has 0 unspecified atom stereocenters. The van der Waals surface area contributed by atoms with Crippen LogP contribution < -0.4 is 29.7 Å². The smallest absolute Gasteiger partial charge is 0.271 e. The van der Waals surface area contributed by atoms with Gasteiger partial charge in [0.2, 0.25) is 0 Å². The monoisotopic (exact) mass is 536 g/mol. The number of para-hydroxylation sites is 2. The zero-order chi connectivity index (χ0) is 27.4. The molecule has 0 radical (unpaired) electrons. The minimum absolute atomic E-state index is 0.108. The Morgan fingerprint density at radius 2 is 1.82 bits per heavy atom. The summed E-state index contributed by atoms with van der Waals surface area (Å²) in [5, 5.41) is 11.9. The van der Waals surface area contributed by atoms with Crippen molar-refractivity contribution in [1.29, 1.82) is 5.26 Å². The van der Waals surface area contributed by atoms with Gasteiger partial charge in [-0.05, 0) is 48.9 Å². The van der Waals surface area contributed by atoms with Gasteiger partial charge in [-0.15, -0.1) is 0 Å². The number of aromatic nitrogens is 1. The Balaban J connectivity index is 1.66. The number of amides is 1. The molecule has 1 aromatic heterocycles. The molecule has 0 aliphatic carbocycles. The maximum atomic E-state index is 13.9. The number of ether oxygens (including phenoxy) is 2. The lowest BCUT2D eigenvalue weighted by Crippen LogP contribution is -2.40. The lowest BCUT2D eigenvalue weighted by Gasteiger charge is -2.25. The summed E-state index contributed by atoms with van der Waals surface area (Å²) in [6.07, 6.45) is 1.73. The van der Waals surface area contributed by atoms with Crippen LogP contribution in [0.3, 0.4) is 0 Å². The van der Waals surface area contributed by atoms with Gasteiger partial charge in [0.05, 0.1) is 29.0 Å². The molecule has 1 aliphatic heterocycles. The molecule has 5 rings (SSSR count). The number of nitrogens with zero attached hydrogens (tertiary/aromatic N) is 3. The summed E-state index contributed by atoms with van der Waals surface area (Å²) in [5.41, 5.74) is 2.66. The van der Waals surface area contributed by atoms with Crippen LogP contribution in [-0.2, 0) is 4.79 Å². The lowest BCUT2D eigenvalue weighted by molar-refractivity contribution is -0.113. The first-order chi connectivity index (χ1) is 19.0. The number of thiazole rings is 1. The molecule has 8 nitrogen and oxygen atoms in total. The molecule has 3 aromatic carbocycles. The number of benzene rings is 3. The number of carbonyl (C=O) groups is 1. The number of nitriles is 1. The van der Waals surface area contributed by atoms with E-state index in [1.807, 2.05) is 48.5 Å². The van der Waals surface area contributed by atoms with Crippen molar-refractivity contribution in [2.24, 2.45) is 4.99 Å². The lowest BCUT2D eigenvalue weighted by atomic mass is 9.95. The number of hydrogen-bond donors (Lipinski definition) is 1. The van der Waals surface area contributed by atoms with E-state index < -0.39 is 6.04 Å². The number of methoxy groups -OCH3 is 1. The van der Waals surface area contributed by atoms with Gasteiger partial charge in [-0.1, -0.05) is 59.9 Å². The average Bonchev–Trinajstić information content (AvgIpc) is 3.26. The minimum Gasteiger partial charge on any atom is -0.497 e. The second-order valence-corrected chi connectivity index (χ2v) is 9.67. The Morgan fingerprint density at radius 3 is 2.54 bits per heavy atom. The van der Waals surface area contributed by atoms with E-state index in [0.717, 1.165) is 5.56 Å². The zero-order valence-corrected chi connectivity index (χ0v) is 22.1. The summed E-state index contributed by atoms with van der Waals surface area (Å²) < 4.78 is 12.9. The van der Waals surface area contributed by atoms with Gasteiger partial charge in [-0.3, -0.25) is 14.2 Å². The SMILES string of the molecule is COc1ccc([C@@H]2C(C(=O)Nc3ccccc3)=C(C)N=c3s/c(=C/c4ccccc4OCC#N)c(=O)n32)cc1. The molecule has 0 fully saturated rings. The first-order valence-corrected chi connectivity index (χ1v) is 12.9. The number of allylic oxidation sites excluding steroid dienone is 1. The third-order valence-electron chi connectivity index (χ3n) is 6.23. The molecule has 1 atom stereocenters. The number of fused-ring (bicyclic) bond motifs is 1. The normalized spacial score (nSPS) is 14.7. The molecule has 0 bridgehead atoms. The van der Waals surface area contributed by atoms with Crippen molar-refractivity contribution < 1.29 is 14.3 Å². The third-order valence-corrected chi connectivity index (χ3v) is 7.21. The van der Waals surface area contributed by atoms with E-state index in [4.69, 9.17) is 14.7 Å². The average molecular weight is 537 g/mol. The highest BCUT2D eigenvalue weighted by Crippen LogP contribution is 2.31. The standard InChI is InChI=1S/C30H24N4O4S/c1-19-26(28(35)33-22-9-4-3-5-10-22)27(20-12-14-23(37-2)15-13-20)34-29(36)25(39-30(34)32-19)18-21-8-6-7-11-24(21)38-17-16-31/h3-15,18,27H,17H2,1-2H3,(H,33,35)/b25-18+/t27-/m1/s1. The summed E-state index contributed by atoms with van der Waals surface area (Å²) in [6.45, 7) is 1.67. The van der Waals surface area contributed by atoms with Gasteiger partial charge in [-0.2, -0.15) is 5.26 Å². The first kappa shape index (κ1) is 25.7. The Morgan fingerprint density at radius 1 is 1.10 bits per heavy atom. The maximum Gasteiger partial charge on any atom is 0.271 e. The number of carbonyl (C=O) groups excluding carboxylic acids is 1. The summed E-state index contributed by atoms with van der Waals surface area (Å²) in [7, 11) is 1.58. The second kappa shape index (κ2) is 11.2. The van der Waals surface area contributed by atoms with Gasteiger partial charge >= 0.3 is 0 Å². The molecule has 9 heteroatoms. The minimum atomic E-state index is -0.705. The van der Waals surface area contributed by atoms with Gasteiger partial charge in [0, 0.05) is 11.3 Å². The van der Waals surface area contributed by atoms with Crippen molar-refractivity contribution in [3.63, 3.8) is 0 Å². The van der Waals surface area contributed by atoms with E-state index in [1.165, 1.54) is 11.3 Å². The molecule has 194 valence electrons. The molecular weight excluding hydrogens is 512 g/mol. The van der Waals surface area contributed by atoms with Crippen LogP contribution in [0.1, 0.15) is 24.1 Å². The second-order valence-electron chi connectivity index (χ2n) is 8.66. The van der Waals surface area contributed by atoms with Gasteiger partial charge < -0.3 is 14.8 Å². The van der Waals surface area contributed by atoms with Crippen molar-refractivity contribution in [2.75, 3.05) is 19.0 Å². The van der Waals surface area contributed by atoms with Crippen LogP contribution in [0.25, 0.3) is 6.08 Å². The Labute approximate surface area is 228 Å². The largest absolute Gasteiger partial charge is 0.497 e. The topological polar surface area (TPSA) is 106 Å². The van der Waals surface area contributed by atoms with Crippen LogP contribution in [0.5, 0.6) is 11.5 Å². The van der Waals surface area contributed by atoms with Crippen LogP contribution in [0.15, 0.2) is 99.9 Å². The van der Waals surface area contributed by atoms with E-state index in [0.29, 0.717) is 43.4 Å². The van der Waals surface area contributed by atoms with E-state index in [2.05, 4.69) is 10.3 Å². The van der Waals surface area contributed by atoms with E-state index >= 15 is 0 Å². The van der Waals surface area contributed by atoms with Crippen LogP contribution in [0, 0.1) is 11.3 Å². The fourth-order valence-corrected chi connectivity index (χ4v) is 5.45. The maximum absolute atomic E-state index is 13.9. The molecular formula is C30H24N4O4S. The van der Waals surface area contributed by atoms with Crippen molar-refractivity contribution >= 4 is 29.0 Å². The number of rotatable bonds is 7. The molecule has 1 aliphatic rings. The van der Waals surface area contributed by atoms with Gasteiger partial charge in [0.25, 0.3) is 11.5 Å². The number of nitrogens with one attached hydrogen (secondary N) is 1. The fourth-order valence-electron chi connectivity index (χ4n) is 4.42. The van der Waals surface area contributed by atoms with Crippen molar-refractivity contribution in [2.45, 2.75) is 13.0 Å². The molecule has 0 saturated carbocycles. The van der Waals surface area contributed by atoms with Gasteiger partial charge in [-0.25, -0.2) is 4.99 Å². The van der Waals surface area contributed by atoms with Gasteiger partial charge in [0.15, 0.2) is 11.4 Å². The van der Waals surface area contributed by atoms with Crippen molar-refractivity contribution in [1.82, 2.24) is 4.57 Å². The molecule has 0 spiro atoms. The van der Waals surface area contributed by atoms with E-state index in [-0.39, 0.29) is 18.1 Å². The molecule has 39 heavy (non-hydrogen) atoms. The predicted molar refractivity (Wildman–Crippen MR) is 149 cm³/mol. The summed E-state index contributed by atoms with van der Waals surface area (Å²) in [5.74, 6) is 0.819. The molecule has 2 heterocycles. The highest BCUT2D eigenvalue weighted by molar-refractivity contribution is 7.07. The van der Waals surface area contributed by atoms with Crippen molar-refractivity contribution in [3.8, 4) is 17.6 Å². The molecule has 1 N–H and O–H groups in total. The highest BCUT2D eigenvalue weighted by atomic mass is 32.1. The predicted octanol–water partition coefficient (Wildman–Crippen LogP) is 3.78. The van der Waals surface area contributed by atoms with Crippen LogP contribution in [0.4, 0.5) is 5.69 Å². The fraction of sp³-hybridized carbons (Fsp3) is 0.133. The summed E-state index contributed by atoms with van der Waals surface area (Å²) in [6, 6.07) is 24.9. The van der Waals surface area contributed by atoms with Crippen LogP contribution >= 0.6 is 11.3 Å². The van der Waals surface area contributed by atoms with Crippen LogP contribution in [0.2, 0.25) is 0 Å². The molecule has 0 saturated heterocycles. The van der Waals surface area contributed by atoms with Gasteiger partial charge in [0.1, 0.15) is 17.6 Å². The number of hydrogen-bond acceptors (Lipinski definition) is 7. The Hall–Kier alpha value is -4.94. The highest BCUT2D eigenvalue weighted by Gasteiger charge is 2.32.